The fourth-order valence-electron chi connectivity index (χ4n) is 2.83. The maximum Gasteiger partial charge on any atom is 0.500 e. The summed E-state index contributed by atoms with van der Waals surface area (Å²) in [6.45, 7) is 12.8. The first-order chi connectivity index (χ1) is 12.2. The van der Waals surface area contributed by atoms with Crippen LogP contribution < -0.4 is 16.4 Å². The van der Waals surface area contributed by atoms with Crippen LogP contribution >= 0.6 is 0 Å². The van der Waals surface area contributed by atoms with Crippen LogP contribution in [0, 0.1) is 0 Å². The van der Waals surface area contributed by atoms with E-state index in [1.54, 1.807) is 0 Å². The standard InChI is InChI=1S/C18H43N3O3Si/c1-4-22-25(23-5-2,24-6-3)18-12-10-8-7-9-11-14-20-16-17-21-15-13-19/h20-21H,4-19H2,1-3H3. The first-order valence-electron chi connectivity index (χ1n) is 10.3. The van der Waals surface area contributed by atoms with Crippen molar-refractivity contribution in [2.75, 3.05) is 52.5 Å². The van der Waals surface area contributed by atoms with Gasteiger partial charge in [0.2, 0.25) is 0 Å². The number of rotatable bonds is 20. The summed E-state index contributed by atoms with van der Waals surface area (Å²) in [6, 6.07) is 0.944. The number of hydrogen-bond acceptors (Lipinski definition) is 6. The molecule has 0 unspecified atom stereocenters. The molecule has 0 radical (unpaired) electrons. The molecule has 0 aromatic carbocycles. The van der Waals surface area contributed by atoms with Gasteiger partial charge in [-0.2, -0.15) is 0 Å². The minimum atomic E-state index is -2.42. The summed E-state index contributed by atoms with van der Waals surface area (Å²) in [5.74, 6) is 0. The molecule has 0 fully saturated rings. The first kappa shape index (κ1) is 25.0. The highest BCUT2D eigenvalue weighted by Gasteiger charge is 2.39. The average Bonchev–Trinajstić information content (AvgIpc) is 2.60. The van der Waals surface area contributed by atoms with Gasteiger partial charge in [-0.3, -0.25) is 0 Å². The molecule has 0 rings (SSSR count). The van der Waals surface area contributed by atoms with Crippen molar-refractivity contribution in [3.63, 3.8) is 0 Å². The number of hydrogen-bond donors (Lipinski definition) is 3. The van der Waals surface area contributed by atoms with Crippen molar-refractivity contribution in [2.24, 2.45) is 5.73 Å². The maximum absolute atomic E-state index is 5.89. The zero-order chi connectivity index (χ0) is 18.6. The van der Waals surface area contributed by atoms with Crippen LogP contribution in [0.25, 0.3) is 0 Å². The van der Waals surface area contributed by atoms with Gasteiger partial charge in [-0.05, 0) is 40.2 Å². The van der Waals surface area contributed by atoms with Crippen molar-refractivity contribution in [1.82, 2.24) is 10.6 Å². The highest BCUT2D eigenvalue weighted by molar-refractivity contribution is 6.60. The molecule has 4 N–H and O–H groups in total. The van der Waals surface area contributed by atoms with Crippen LogP contribution in [-0.2, 0) is 13.3 Å². The molecular weight excluding hydrogens is 334 g/mol. The molecule has 0 atom stereocenters. The Balaban J connectivity index is 3.56. The summed E-state index contributed by atoms with van der Waals surface area (Å²) in [4.78, 5) is 0. The third-order valence-corrected chi connectivity index (χ3v) is 7.13. The van der Waals surface area contributed by atoms with Gasteiger partial charge in [0.1, 0.15) is 0 Å². The Morgan fingerprint density at radius 2 is 1.12 bits per heavy atom. The van der Waals surface area contributed by atoms with Gasteiger partial charge in [0.25, 0.3) is 0 Å². The van der Waals surface area contributed by atoms with E-state index in [9.17, 15) is 0 Å². The summed E-state index contributed by atoms with van der Waals surface area (Å²) < 4.78 is 17.7. The SMILES string of the molecule is CCO[Si](CCCCCCCCNCCNCCN)(OCC)OCC. The lowest BCUT2D eigenvalue weighted by molar-refractivity contribution is 0.0706. The Labute approximate surface area is 156 Å². The van der Waals surface area contributed by atoms with Crippen LogP contribution in [0.15, 0.2) is 0 Å². The van der Waals surface area contributed by atoms with E-state index >= 15 is 0 Å². The third kappa shape index (κ3) is 14.8. The molecule has 6 nitrogen and oxygen atoms in total. The van der Waals surface area contributed by atoms with Gasteiger partial charge in [0.05, 0.1) is 0 Å². The van der Waals surface area contributed by atoms with Crippen molar-refractivity contribution in [1.29, 1.82) is 0 Å². The Bertz CT molecular complexity index is 257. The van der Waals surface area contributed by atoms with E-state index in [1.165, 1.54) is 32.1 Å². The smallest absolute Gasteiger partial charge is 0.374 e. The highest BCUT2D eigenvalue weighted by atomic mass is 28.4. The van der Waals surface area contributed by atoms with Gasteiger partial charge in [-0.25, -0.2) is 0 Å². The van der Waals surface area contributed by atoms with E-state index in [4.69, 9.17) is 19.0 Å². The van der Waals surface area contributed by atoms with Crippen LogP contribution in [0.1, 0.15) is 59.3 Å². The van der Waals surface area contributed by atoms with Crippen molar-refractivity contribution in [3.05, 3.63) is 0 Å². The van der Waals surface area contributed by atoms with Crippen LogP contribution in [0.2, 0.25) is 6.04 Å². The largest absolute Gasteiger partial charge is 0.500 e. The quantitative estimate of drug-likeness (QED) is 0.223. The lowest BCUT2D eigenvalue weighted by Gasteiger charge is -2.28. The zero-order valence-corrected chi connectivity index (χ0v) is 17.9. The van der Waals surface area contributed by atoms with E-state index in [0.29, 0.717) is 26.4 Å². The van der Waals surface area contributed by atoms with Crippen molar-refractivity contribution < 1.29 is 13.3 Å². The molecule has 25 heavy (non-hydrogen) atoms. The van der Waals surface area contributed by atoms with Crippen LogP contribution in [-0.4, -0.2) is 61.3 Å². The van der Waals surface area contributed by atoms with E-state index in [-0.39, 0.29) is 0 Å². The van der Waals surface area contributed by atoms with Crippen molar-refractivity contribution in [3.8, 4) is 0 Å². The zero-order valence-electron chi connectivity index (χ0n) is 16.9. The molecule has 0 bridgehead atoms. The summed E-state index contributed by atoms with van der Waals surface area (Å²) >= 11 is 0. The second kappa shape index (κ2) is 18.8. The summed E-state index contributed by atoms with van der Waals surface area (Å²) in [5.41, 5.74) is 5.43. The van der Waals surface area contributed by atoms with Crippen LogP contribution in [0.3, 0.4) is 0 Å². The molecule has 0 aliphatic carbocycles. The van der Waals surface area contributed by atoms with Crippen molar-refractivity contribution >= 4 is 8.80 Å². The third-order valence-electron chi connectivity index (χ3n) is 3.98. The summed E-state index contributed by atoms with van der Waals surface area (Å²) in [7, 11) is -2.42. The fraction of sp³-hybridized carbons (Fsp3) is 1.00. The number of nitrogens with two attached hydrogens (primary N) is 1. The molecule has 7 heteroatoms. The Morgan fingerprint density at radius 3 is 1.64 bits per heavy atom. The number of unbranched alkanes of at least 4 members (excludes halogenated alkanes) is 5. The molecule has 0 aliphatic heterocycles. The molecule has 0 saturated heterocycles. The molecule has 0 spiro atoms. The normalized spacial score (nSPS) is 12.0. The lowest BCUT2D eigenvalue weighted by atomic mass is 10.1. The maximum atomic E-state index is 5.89. The highest BCUT2D eigenvalue weighted by Crippen LogP contribution is 2.20. The van der Waals surface area contributed by atoms with E-state index in [2.05, 4.69) is 10.6 Å². The van der Waals surface area contributed by atoms with Gasteiger partial charge < -0.3 is 29.6 Å². The Morgan fingerprint density at radius 1 is 0.640 bits per heavy atom. The predicted molar refractivity (Wildman–Crippen MR) is 108 cm³/mol. The molecule has 0 aromatic rings. The molecule has 0 aliphatic rings. The molecular formula is C18H43N3O3Si. The van der Waals surface area contributed by atoms with Crippen LogP contribution in [0.4, 0.5) is 0 Å². The Hall–Kier alpha value is -0.0231. The predicted octanol–water partition coefficient (Wildman–Crippen LogP) is 2.51. The molecule has 152 valence electrons. The van der Waals surface area contributed by atoms with Crippen molar-refractivity contribution in [2.45, 2.75) is 65.3 Å². The summed E-state index contributed by atoms with van der Waals surface area (Å²) in [5, 5.41) is 6.75. The van der Waals surface area contributed by atoms with E-state index in [1.807, 2.05) is 20.8 Å². The van der Waals surface area contributed by atoms with E-state index < -0.39 is 8.80 Å². The second-order valence-corrected chi connectivity index (χ2v) is 8.87. The van der Waals surface area contributed by atoms with Gasteiger partial charge in [0.15, 0.2) is 0 Å². The second-order valence-electron chi connectivity index (χ2n) is 6.14. The molecule has 0 saturated carbocycles. The monoisotopic (exact) mass is 377 g/mol. The van der Waals surface area contributed by atoms with Crippen LogP contribution in [0.5, 0.6) is 0 Å². The van der Waals surface area contributed by atoms with Gasteiger partial charge in [0, 0.05) is 52.0 Å². The fourth-order valence-corrected chi connectivity index (χ4v) is 5.51. The minimum absolute atomic E-state index is 0.668. The molecule has 0 aromatic heterocycles. The summed E-state index contributed by atoms with van der Waals surface area (Å²) in [6.07, 6.45) is 7.52. The molecule has 0 amide bonds. The Kier molecular flexibility index (Phi) is 18.7. The number of nitrogens with one attached hydrogen (secondary N) is 2. The average molecular weight is 378 g/mol. The lowest BCUT2D eigenvalue weighted by Crippen LogP contribution is -2.45. The molecule has 0 heterocycles. The first-order valence-corrected chi connectivity index (χ1v) is 12.2. The minimum Gasteiger partial charge on any atom is -0.374 e. The van der Waals surface area contributed by atoms with Gasteiger partial charge in [-0.15, -0.1) is 0 Å². The van der Waals surface area contributed by atoms with Gasteiger partial charge >= 0.3 is 8.80 Å². The van der Waals surface area contributed by atoms with Gasteiger partial charge in [-0.1, -0.05) is 25.7 Å². The van der Waals surface area contributed by atoms with E-state index in [0.717, 1.165) is 38.6 Å². The topological polar surface area (TPSA) is 77.8 Å².